The molecule has 0 N–H and O–H groups in total. The zero-order chi connectivity index (χ0) is 13.3. The van der Waals surface area contributed by atoms with Gasteiger partial charge in [-0.05, 0) is 23.5 Å². The molecule has 0 bridgehead atoms. The number of benzene rings is 1. The smallest absolute Gasteiger partial charge is 0.0757 e. The Hall–Kier alpha value is -1.08. The lowest BCUT2D eigenvalue weighted by Gasteiger charge is -2.21. The lowest BCUT2D eigenvalue weighted by molar-refractivity contribution is 0.594. The minimum Gasteiger partial charge on any atom is -0.252 e. The molecule has 0 aliphatic rings. The van der Waals surface area contributed by atoms with Crippen molar-refractivity contribution in [3.8, 4) is 0 Å². The zero-order valence-electron chi connectivity index (χ0n) is 11.5. The van der Waals surface area contributed by atoms with E-state index in [0.29, 0.717) is 0 Å². The number of hydrogen-bond donors (Lipinski definition) is 0. The number of para-hydroxylation sites is 1. The van der Waals surface area contributed by atoms with Gasteiger partial charge in [-0.3, -0.25) is 4.98 Å². The van der Waals surface area contributed by atoms with Gasteiger partial charge in [0.25, 0.3) is 0 Å². The number of halogens is 1. The first-order valence-electron chi connectivity index (χ1n) is 6.52. The predicted molar refractivity (Wildman–Crippen MR) is 79.4 cm³/mol. The van der Waals surface area contributed by atoms with E-state index < -0.39 is 0 Å². The van der Waals surface area contributed by atoms with Crippen molar-refractivity contribution in [3.63, 3.8) is 0 Å². The summed E-state index contributed by atoms with van der Waals surface area (Å²) in [6, 6.07) is 8.27. The molecule has 1 nitrogen and oxygen atoms in total. The van der Waals surface area contributed by atoms with Crippen LogP contribution in [0.4, 0.5) is 0 Å². The highest BCUT2D eigenvalue weighted by molar-refractivity contribution is 6.35. The van der Waals surface area contributed by atoms with Gasteiger partial charge >= 0.3 is 0 Å². The highest BCUT2D eigenvalue weighted by atomic mass is 35.5. The van der Waals surface area contributed by atoms with Gasteiger partial charge in [0.2, 0.25) is 0 Å². The predicted octanol–water partition coefficient (Wildman–Crippen LogP) is 5.14. The molecule has 0 spiro atoms. The van der Waals surface area contributed by atoms with E-state index >= 15 is 0 Å². The van der Waals surface area contributed by atoms with Crippen molar-refractivity contribution in [3.05, 3.63) is 40.5 Å². The summed E-state index contributed by atoms with van der Waals surface area (Å²) in [4.78, 5) is 4.81. The fraction of sp³-hybridized carbons (Fsp3) is 0.438. The van der Waals surface area contributed by atoms with E-state index in [1.165, 1.54) is 5.56 Å². The lowest BCUT2D eigenvalue weighted by Crippen LogP contribution is -2.12. The van der Waals surface area contributed by atoms with E-state index in [2.05, 4.69) is 45.9 Å². The average Bonchev–Trinajstić information content (AvgIpc) is 2.27. The van der Waals surface area contributed by atoms with Gasteiger partial charge in [0, 0.05) is 11.1 Å². The Morgan fingerprint density at radius 1 is 1.22 bits per heavy atom. The van der Waals surface area contributed by atoms with Crippen molar-refractivity contribution < 1.29 is 0 Å². The number of aromatic nitrogens is 1. The molecule has 2 aromatic rings. The van der Waals surface area contributed by atoms with Gasteiger partial charge in [0.15, 0.2) is 0 Å². The summed E-state index contributed by atoms with van der Waals surface area (Å²) in [5.74, 6) is 0. The minimum atomic E-state index is 0.0840. The van der Waals surface area contributed by atoms with E-state index in [1.54, 1.807) is 0 Å². The molecule has 0 aliphatic carbocycles. The molecule has 1 heterocycles. The van der Waals surface area contributed by atoms with Gasteiger partial charge in [0.1, 0.15) is 0 Å². The largest absolute Gasteiger partial charge is 0.252 e. The van der Waals surface area contributed by atoms with Crippen LogP contribution in [0.5, 0.6) is 0 Å². The second-order valence-corrected chi connectivity index (χ2v) is 6.20. The molecule has 1 aromatic heterocycles. The van der Waals surface area contributed by atoms with Gasteiger partial charge in [-0.2, -0.15) is 0 Å². The van der Waals surface area contributed by atoms with Crippen molar-refractivity contribution in [2.75, 3.05) is 0 Å². The van der Waals surface area contributed by atoms with E-state index in [1.807, 2.05) is 6.07 Å². The minimum absolute atomic E-state index is 0.0840. The summed E-state index contributed by atoms with van der Waals surface area (Å²) < 4.78 is 0. The van der Waals surface area contributed by atoms with Crippen molar-refractivity contribution >= 4 is 22.5 Å². The molecule has 0 radical (unpaired) electrons. The third-order valence-electron chi connectivity index (χ3n) is 3.16. The summed E-state index contributed by atoms with van der Waals surface area (Å²) >= 11 is 6.38. The molecule has 0 aliphatic heterocycles. The molecule has 1 aromatic carbocycles. The number of pyridine rings is 1. The van der Waals surface area contributed by atoms with Crippen LogP contribution in [0.15, 0.2) is 24.3 Å². The number of hydrogen-bond acceptors (Lipinski definition) is 1. The fourth-order valence-corrected chi connectivity index (χ4v) is 2.52. The van der Waals surface area contributed by atoms with Crippen molar-refractivity contribution in [1.29, 1.82) is 0 Å². The Balaban J connectivity index is 2.74. The van der Waals surface area contributed by atoms with Crippen molar-refractivity contribution in [2.45, 2.75) is 46.0 Å². The molecule has 0 saturated carbocycles. The maximum absolute atomic E-state index is 6.38. The second kappa shape index (κ2) is 4.89. The van der Waals surface area contributed by atoms with Crippen LogP contribution >= 0.6 is 11.6 Å². The van der Waals surface area contributed by atoms with E-state index in [-0.39, 0.29) is 5.41 Å². The quantitative estimate of drug-likeness (QED) is 0.730. The van der Waals surface area contributed by atoms with Crippen LogP contribution in [-0.4, -0.2) is 4.98 Å². The maximum Gasteiger partial charge on any atom is 0.0757 e. The SMILES string of the molecule is CCCc1cc(Cl)c2cccc(C(C)(C)C)c2n1. The normalized spacial score (nSPS) is 12.1. The van der Waals surface area contributed by atoms with E-state index in [0.717, 1.165) is 34.5 Å². The Labute approximate surface area is 114 Å². The number of aryl methyl sites for hydroxylation is 1. The van der Waals surface area contributed by atoms with Crippen LogP contribution in [0.2, 0.25) is 5.02 Å². The Bertz CT molecular complexity index is 567. The standard InChI is InChI=1S/C16H20ClN/c1-5-7-11-10-14(17)12-8-6-9-13(15(12)18-11)16(2,3)4/h6,8-10H,5,7H2,1-4H3. The first-order chi connectivity index (χ1) is 8.43. The van der Waals surface area contributed by atoms with Gasteiger partial charge in [0.05, 0.1) is 10.5 Å². The number of rotatable bonds is 2. The first kappa shape index (κ1) is 13.4. The third kappa shape index (κ3) is 2.51. The molecule has 2 rings (SSSR count). The molecule has 18 heavy (non-hydrogen) atoms. The summed E-state index contributed by atoms with van der Waals surface area (Å²) in [5, 5.41) is 1.87. The molecule has 2 heteroatoms. The molecular formula is C16H20ClN. The van der Waals surface area contributed by atoms with Crippen LogP contribution in [0.3, 0.4) is 0 Å². The Morgan fingerprint density at radius 2 is 1.94 bits per heavy atom. The highest BCUT2D eigenvalue weighted by Gasteiger charge is 2.18. The van der Waals surface area contributed by atoms with E-state index in [9.17, 15) is 0 Å². The van der Waals surface area contributed by atoms with Crippen molar-refractivity contribution in [1.82, 2.24) is 4.98 Å². The third-order valence-corrected chi connectivity index (χ3v) is 3.47. The molecular weight excluding hydrogens is 242 g/mol. The lowest BCUT2D eigenvalue weighted by atomic mass is 9.85. The molecule has 96 valence electrons. The fourth-order valence-electron chi connectivity index (χ4n) is 2.25. The van der Waals surface area contributed by atoms with Crippen LogP contribution in [0, 0.1) is 0 Å². The van der Waals surface area contributed by atoms with Gasteiger partial charge < -0.3 is 0 Å². The summed E-state index contributed by atoms with van der Waals surface area (Å²) in [7, 11) is 0. The summed E-state index contributed by atoms with van der Waals surface area (Å²) in [6.45, 7) is 8.80. The van der Waals surface area contributed by atoms with Crippen LogP contribution in [0.1, 0.15) is 45.4 Å². The maximum atomic E-state index is 6.38. The highest BCUT2D eigenvalue weighted by Crippen LogP contribution is 2.32. The topological polar surface area (TPSA) is 12.9 Å². The summed E-state index contributed by atoms with van der Waals surface area (Å²) in [6.07, 6.45) is 2.07. The van der Waals surface area contributed by atoms with E-state index in [4.69, 9.17) is 16.6 Å². The van der Waals surface area contributed by atoms with Gasteiger partial charge in [-0.15, -0.1) is 0 Å². The summed E-state index contributed by atoms with van der Waals surface area (Å²) in [5.41, 5.74) is 3.49. The molecule has 0 saturated heterocycles. The molecule has 0 fully saturated rings. The molecule has 0 atom stereocenters. The Kier molecular flexibility index (Phi) is 3.63. The first-order valence-corrected chi connectivity index (χ1v) is 6.90. The second-order valence-electron chi connectivity index (χ2n) is 5.80. The van der Waals surface area contributed by atoms with Crippen molar-refractivity contribution in [2.24, 2.45) is 0 Å². The van der Waals surface area contributed by atoms with Gasteiger partial charge in [-0.25, -0.2) is 0 Å². The van der Waals surface area contributed by atoms with Crippen LogP contribution < -0.4 is 0 Å². The Morgan fingerprint density at radius 3 is 2.56 bits per heavy atom. The monoisotopic (exact) mass is 261 g/mol. The van der Waals surface area contributed by atoms with Crippen LogP contribution in [0.25, 0.3) is 10.9 Å². The molecule has 0 unspecified atom stereocenters. The number of nitrogens with zero attached hydrogens (tertiary/aromatic N) is 1. The van der Waals surface area contributed by atoms with Crippen LogP contribution in [-0.2, 0) is 11.8 Å². The molecule has 0 amide bonds. The zero-order valence-corrected chi connectivity index (χ0v) is 12.3. The average molecular weight is 262 g/mol. The number of fused-ring (bicyclic) bond motifs is 1. The van der Waals surface area contributed by atoms with Gasteiger partial charge in [-0.1, -0.05) is 63.9 Å².